The van der Waals surface area contributed by atoms with Gasteiger partial charge in [0.2, 0.25) is 0 Å². The number of halogens is 1. The molecule has 2 unspecified atom stereocenters. The van der Waals surface area contributed by atoms with E-state index in [0.717, 1.165) is 24.0 Å². The van der Waals surface area contributed by atoms with Crippen molar-refractivity contribution in [2.45, 2.75) is 31.7 Å². The number of aryl methyl sites for hydroxylation is 1. The van der Waals surface area contributed by atoms with Gasteiger partial charge >= 0.3 is 0 Å². The maximum Gasteiger partial charge on any atom is 0.126 e. The summed E-state index contributed by atoms with van der Waals surface area (Å²) in [7, 11) is 0. The first-order valence-corrected chi connectivity index (χ1v) is 4.76. The van der Waals surface area contributed by atoms with E-state index in [0.29, 0.717) is 5.92 Å². The highest BCUT2D eigenvalue weighted by Crippen LogP contribution is 2.39. The number of hydrogen-bond donors (Lipinski definition) is 1. The molecule has 0 bridgehead atoms. The monoisotopic (exact) mass is 179 g/mol. The van der Waals surface area contributed by atoms with Gasteiger partial charge in [-0.15, -0.1) is 0 Å². The number of hydrogen-bond acceptors (Lipinski definition) is 1. The van der Waals surface area contributed by atoms with Gasteiger partial charge in [-0.05, 0) is 30.0 Å². The molecule has 1 fully saturated rings. The molecule has 1 aromatic rings. The van der Waals surface area contributed by atoms with Gasteiger partial charge in [-0.25, -0.2) is 4.39 Å². The van der Waals surface area contributed by atoms with Gasteiger partial charge in [0.25, 0.3) is 0 Å². The molecule has 2 atom stereocenters. The molecule has 0 heterocycles. The van der Waals surface area contributed by atoms with Crippen molar-refractivity contribution >= 4 is 0 Å². The first-order chi connectivity index (χ1) is 6.22. The summed E-state index contributed by atoms with van der Waals surface area (Å²) in [5, 5.41) is 0. The van der Waals surface area contributed by atoms with Crippen molar-refractivity contribution in [1.82, 2.24) is 0 Å². The van der Waals surface area contributed by atoms with Crippen molar-refractivity contribution < 1.29 is 4.39 Å². The van der Waals surface area contributed by atoms with E-state index in [9.17, 15) is 4.39 Å². The molecule has 0 aromatic heterocycles. The third-order valence-corrected chi connectivity index (χ3v) is 2.73. The summed E-state index contributed by atoms with van der Waals surface area (Å²) in [6.07, 6.45) is 1.76. The van der Waals surface area contributed by atoms with Crippen LogP contribution in [0, 0.1) is 5.82 Å². The maximum atomic E-state index is 13.3. The first kappa shape index (κ1) is 8.70. The minimum Gasteiger partial charge on any atom is -0.327 e. The fraction of sp³-hybridized carbons (Fsp3) is 0.455. The van der Waals surface area contributed by atoms with Crippen LogP contribution in [0.15, 0.2) is 18.2 Å². The number of rotatable bonds is 2. The molecule has 1 aliphatic carbocycles. The predicted molar refractivity (Wildman–Crippen MR) is 51.1 cm³/mol. The van der Waals surface area contributed by atoms with Gasteiger partial charge in [-0.3, -0.25) is 0 Å². The SMILES string of the molecule is CCc1ccc(C2CC2N)cc1F. The summed E-state index contributed by atoms with van der Waals surface area (Å²) in [5.41, 5.74) is 7.54. The minimum absolute atomic E-state index is 0.0842. The van der Waals surface area contributed by atoms with Crippen LogP contribution in [-0.4, -0.2) is 6.04 Å². The van der Waals surface area contributed by atoms with E-state index in [1.807, 2.05) is 19.1 Å². The maximum absolute atomic E-state index is 13.3. The van der Waals surface area contributed by atoms with Crippen LogP contribution in [-0.2, 0) is 6.42 Å². The average Bonchev–Trinajstić information content (AvgIpc) is 2.82. The van der Waals surface area contributed by atoms with Gasteiger partial charge < -0.3 is 5.73 Å². The van der Waals surface area contributed by atoms with Crippen LogP contribution in [0.3, 0.4) is 0 Å². The Hall–Kier alpha value is -0.890. The smallest absolute Gasteiger partial charge is 0.126 e. The zero-order chi connectivity index (χ0) is 9.42. The molecule has 2 rings (SSSR count). The van der Waals surface area contributed by atoms with E-state index in [1.165, 1.54) is 0 Å². The van der Waals surface area contributed by atoms with Crippen LogP contribution in [0.1, 0.15) is 30.4 Å². The summed E-state index contributed by atoms with van der Waals surface area (Å²) >= 11 is 0. The van der Waals surface area contributed by atoms with E-state index in [1.54, 1.807) is 6.07 Å². The van der Waals surface area contributed by atoms with Crippen molar-refractivity contribution in [1.29, 1.82) is 0 Å². The Kier molecular flexibility index (Phi) is 2.08. The molecule has 1 aromatic carbocycles. The third kappa shape index (κ3) is 1.59. The average molecular weight is 179 g/mol. The Morgan fingerprint density at radius 1 is 1.54 bits per heavy atom. The van der Waals surface area contributed by atoms with Gasteiger partial charge in [0.15, 0.2) is 0 Å². The predicted octanol–water partition coefficient (Wildman–Crippen LogP) is 2.20. The Morgan fingerprint density at radius 3 is 2.69 bits per heavy atom. The van der Waals surface area contributed by atoms with Gasteiger partial charge in [0.1, 0.15) is 5.82 Å². The van der Waals surface area contributed by atoms with Crippen molar-refractivity contribution in [3.8, 4) is 0 Å². The Morgan fingerprint density at radius 2 is 2.23 bits per heavy atom. The van der Waals surface area contributed by atoms with Crippen molar-refractivity contribution in [3.05, 3.63) is 35.1 Å². The van der Waals surface area contributed by atoms with Crippen LogP contribution >= 0.6 is 0 Å². The zero-order valence-corrected chi connectivity index (χ0v) is 7.76. The number of nitrogens with two attached hydrogens (primary N) is 1. The van der Waals surface area contributed by atoms with E-state index in [4.69, 9.17) is 5.73 Å². The van der Waals surface area contributed by atoms with E-state index in [2.05, 4.69) is 0 Å². The van der Waals surface area contributed by atoms with E-state index in [-0.39, 0.29) is 11.9 Å². The molecule has 13 heavy (non-hydrogen) atoms. The summed E-state index contributed by atoms with van der Waals surface area (Å²) in [4.78, 5) is 0. The second-order valence-electron chi connectivity index (χ2n) is 3.71. The minimum atomic E-state index is -0.0842. The summed E-state index contributed by atoms with van der Waals surface area (Å²) in [5.74, 6) is 0.319. The Balaban J connectivity index is 2.25. The second kappa shape index (κ2) is 3.11. The molecule has 2 heteroatoms. The molecule has 70 valence electrons. The molecule has 1 saturated carbocycles. The molecule has 0 spiro atoms. The Bertz CT molecular complexity index is 322. The highest BCUT2D eigenvalue weighted by atomic mass is 19.1. The lowest BCUT2D eigenvalue weighted by molar-refractivity contribution is 0.609. The summed E-state index contributed by atoms with van der Waals surface area (Å²) < 4.78 is 13.3. The molecule has 0 saturated heterocycles. The van der Waals surface area contributed by atoms with Crippen molar-refractivity contribution in [3.63, 3.8) is 0 Å². The van der Waals surface area contributed by atoms with Crippen LogP contribution in [0.5, 0.6) is 0 Å². The van der Waals surface area contributed by atoms with Crippen molar-refractivity contribution in [2.24, 2.45) is 5.73 Å². The molecular formula is C11H14FN. The van der Waals surface area contributed by atoms with Gasteiger partial charge in [-0.2, -0.15) is 0 Å². The van der Waals surface area contributed by atoms with E-state index >= 15 is 0 Å². The fourth-order valence-corrected chi connectivity index (χ4v) is 1.68. The van der Waals surface area contributed by atoms with Gasteiger partial charge in [-0.1, -0.05) is 19.1 Å². The lowest BCUT2D eigenvalue weighted by atomic mass is 10.1. The second-order valence-corrected chi connectivity index (χ2v) is 3.71. The molecule has 0 amide bonds. The first-order valence-electron chi connectivity index (χ1n) is 4.76. The fourth-order valence-electron chi connectivity index (χ4n) is 1.68. The molecule has 0 radical (unpaired) electrons. The highest BCUT2D eigenvalue weighted by molar-refractivity contribution is 5.31. The highest BCUT2D eigenvalue weighted by Gasteiger charge is 2.34. The van der Waals surface area contributed by atoms with Gasteiger partial charge in [0, 0.05) is 12.0 Å². The summed E-state index contributed by atoms with van der Waals surface area (Å²) in [6, 6.07) is 5.76. The lowest BCUT2D eigenvalue weighted by Gasteiger charge is -2.02. The largest absolute Gasteiger partial charge is 0.327 e. The molecular weight excluding hydrogens is 165 g/mol. The summed E-state index contributed by atoms with van der Waals surface area (Å²) in [6.45, 7) is 1.96. The molecule has 2 N–H and O–H groups in total. The van der Waals surface area contributed by atoms with Crippen LogP contribution in [0.4, 0.5) is 4.39 Å². The zero-order valence-electron chi connectivity index (χ0n) is 7.76. The van der Waals surface area contributed by atoms with Crippen LogP contribution in [0.2, 0.25) is 0 Å². The standard InChI is InChI=1S/C11H14FN/c1-2-7-3-4-8(5-10(7)12)9-6-11(9)13/h3-5,9,11H,2,6,13H2,1H3. The molecule has 1 nitrogen and oxygen atoms in total. The normalized spacial score (nSPS) is 26.1. The molecule has 0 aliphatic heterocycles. The number of benzene rings is 1. The lowest BCUT2D eigenvalue weighted by Crippen LogP contribution is -2.01. The molecule has 1 aliphatic rings. The topological polar surface area (TPSA) is 26.0 Å². The third-order valence-electron chi connectivity index (χ3n) is 2.73. The quantitative estimate of drug-likeness (QED) is 0.740. The van der Waals surface area contributed by atoms with Crippen molar-refractivity contribution in [2.75, 3.05) is 0 Å². The van der Waals surface area contributed by atoms with Crippen LogP contribution < -0.4 is 5.73 Å². The van der Waals surface area contributed by atoms with Gasteiger partial charge in [0.05, 0.1) is 0 Å². The Labute approximate surface area is 77.8 Å². The van der Waals surface area contributed by atoms with E-state index < -0.39 is 0 Å². The van der Waals surface area contributed by atoms with Crippen LogP contribution in [0.25, 0.3) is 0 Å².